The first kappa shape index (κ1) is 15.4. The normalized spacial score (nSPS) is 23.1. The minimum atomic E-state index is 0.669. The van der Waals surface area contributed by atoms with Gasteiger partial charge in [-0.25, -0.2) is 0 Å². The molecule has 0 bridgehead atoms. The molecule has 0 spiro atoms. The molecule has 0 saturated carbocycles. The summed E-state index contributed by atoms with van der Waals surface area (Å²) in [7, 11) is 0. The Balaban J connectivity index is 2.04. The van der Waals surface area contributed by atoms with Crippen molar-refractivity contribution in [3.8, 4) is 0 Å². The average molecular weight is 274 g/mol. The van der Waals surface area contributed by atoms with Gasteiger partial charge in [-0.05, 0) is 68.8 Å². The Morgan fingerprint density at radius 1 is 1.30 bits per heavy atom. The van der Waals surface area contributed by atoms with Gasteiger partial charge in [0.15, 0.2) is 0 Å². The number of piperidine rings is 1. The molecule has 2 nitrogen and oxygen atoms in total. The molecule has 112 valence electrons. The van der Waals surface area contributed by atoms with Crippen LogP contribution in [0.1, 0.15) is 51.2 Å². The van der Waals surface area contributed by atoms with E-state index < -0.39 is 0 Å². The van der Waals surface area contributed by atoms with Gasteiger partial charge in [-0.2, -0.15) is 0 Å². The first-order valence-electron chi connectivity index (χ1n) is 8.18. The molecule has 2 unspecified atom stereocenters. The quantitative estimate of drug-likeness (QED) is 0.813. The highest BCUT2D eigenvalue weighted by Crippen LogP contribution is 2.29. The summed E-state index contributed by atoms with van der Waals surface area (Å²) >= 11 is 0. The van der Waals surface area contributed by atoms with Crippen LogP contribution in [0.3, 0.4) is 0 Å². The smallest absolute Gasteiger partial charge is 0.0371 e. The zero-order valence-electron chi connectivity index (χ0n) is 13.6. The monoisotopic (exact) mass is 274 g/mol. The number of aryl methyl sites for hydroxylation is 1. The molecular formula is C18H30N2. The van der Waals surface area contributed by atoms with E-state index >= 15 is 0 Å². The Hall–Kier alpha value is -1.02. The zero-order chi connectivity index (χ0) is 14.5. The summed E-state index contributed by atoms with van der Waals surface area (Å²) in [4.78, 5) is 2.58. The van der Waals surface area contributed by atoms with Gasteiger partial charge in [0.2, 0.25) is 0 Å². The van der Waals surface area contributed by atoms with Crippen LogP contribution in [0.25, 0.3) is 0 Å². The maximum absolute atomic E-state index is 3.49. The standard InChI is InChI=1S/C18H30N2/c1-5-9-19-13-17-6-7-18(12-15(17)3)20-10-8-14(2)11-16(20)4/h6-7,12,14,16,19H,5,8-11,13H2,1-4H3. The number of nitrogens with one attached hydrogen (secondary N) is 1. The van der Waals surface area contributed by atoms with E-state index in [1.165, 1.54) is 42.6 Å². The van der Waals surface area contributed by atoms with Crippen molar-refractivity contribution in [2.45, 2.75) is 59.5 Å². The molecule has 1 aliphatic heterocycles. The maximum atomic E-state index is 3.49. The predicted octanol–water partition coefficient (Wildman–Crippen LogP) is 4.12. The Bertz CT molecular complexity index is 427. The van der Waals surface area contributed by atoms with Crippen LogP contribution in [-0.2, 0) is 6.54 Å². The summed E-state index contributed by atoms with van der Waals surface area (Å²) in [5.74, 6) is 0.875. The molecule has 2 atom stereocenters. The van der Waals surface area contributed by atoms with E-state index in [2.05, 4.69) is 56.1 Å². The van der Waals surface area contributed by atoms with Gasteiger partial charge >= 0.3 is 0 Å². The van der Waals surface area contributed by atoms with Crippen LogP contribution in [-0.4, -0.2) is 19.1 Å². The van der Waals surface area contributed by atoms with Gasteiger partial charge in [0, 0.05) is 24.8 Å². The van der Waals surface area contributed by atoms with Crippen LogP contribution in [0.5, 0.6) is 0 Å². The summed E-state index contributed by atoms with van der Waals surface area (Å²) in [5, 5.41) is 3.49. The van der Waals surface area contributed by atoms with Crippen molar-refractivity contribution in [3.63, 3.8) is 0 Å². The molecule has 0 radical (unpaired) electrons. The van der Waals surface area contributed by atoms with Crippen molar-refractivity contribution in [1.82, 2.24) is 5.32 Å². The highest BCUT2D eigenvalue weighted by atomic mass is 15.2. The van der Waals surface area contributed by atoms with Crippen molar-refractivity contribution in [2.24, 2.45) is 5.92 Å². The second kappa shape index (κ2) is 7.12. The van der Waals surface area contributed by atoms with Crippen LogP contribution in [0.4, 0.5) is 5.69 Å². The topological polar surface area (TPSA) is 15.3 Å². The molecule has 20 heavy (non-hydrogen) atoms. The molecule has 0 aliphatic carbocycles. The van der Waals surface area contributed by atoms with Crippen LogP contribution in [0, 0.1) is 12.8 Å². The van der Waals surface area contributed by atoms with Crippen LogP contribution in [0.15, 0.2) is 18.2 Å². The molecule has 1 N–H and O–H groups in total. The lowest BCUT2D eigenvalue weighted by molar-refractivity contribution is 0.378. The minimum Gasteiger partial charge on any atom is -0.369 e. The third-order valence-corrected chi connectivity index (χ3v) is 4.54. The fourth-order valence-corrected chi connectivity index (χ4v) is 3.25. The summed E-state index contributed by atoms with van der Waals surface area (Å²) < 4.78 is 0. The van der Waals surface area contributed by atoms with E-state index in [4.69, 9.17) is 0 Å². The lowest BCUT2D eigenvalue weighted by Crippen LogP contribution is -2.40. The predicted molar refractivity (Wildman–Crippen MR) is 88.4 cm³/mol. The largest absolute Gasteiger partial charge is 0.369 e. The zero-order valence-corrected chi connectivity index (χ0v) is 13.6. The molecule has 0 aromatic heterocycles. The van der Waals surface area contributed by atoms with Crippen LogP contribution >= 0.6 is 0 Å². The Labute approximate surface area is 124 Å². The Morgan fingerprint density at radius 3 is 2.75 bits per heavy atom. The summed E-state index contributed by atoms with van der Waals surface area (Å²) in [5.41, 5.74) is 4.25. The van der Waals surface area contributed by atoms with E-state index in [9.17, 15) is 0 Å². The van der Waals surface area contributed by atoms with Crippen molar-refractivity contribution in [3.05, 3.63) is 29.3 Å². The summed E-state index contributed by atoms with van der Waals surface area (Å²) in [6, 6.07) is 7.65. The molecule has 1 aromatic carbocycles. The molecule has 1 aromatic rings. The number of hydrogen-bond donors (Lipinski definition) is 1. The maximum Gasteiger partial charge on any atom is 0.0371 e. The first-order chi connectivity index (χ1) is 9.61. The number of benzene rings is 1. The molecule has 1 saturated heterocycles. The number of nitrogens with zero attached hydrogens (tertiary/aromatic N) is 1. The first-order valence-corrected chi connectivity index (χ1v) is 8.18. The van der Waals surface area contributed by atoms with E-state index in [1.54, 1.807) is 0 Å². The SMILES string of the molecule is CCCNCc1ccc(N2CCC(C)CC2C)cc1C. The Kier molecular flexibility index (Phi) is 5.47. The van der Waals surface area contributed by atoms with Gasteiger partial charge in [0.1, 0.15) is 0 Å². The van der Waals surface area contributed by atoms with Gasteiger partial charge in [0.25, 0.3) is 0 Å². The lowest BCUT2D eigenvalue weighted by atomic mass is 9.92. The summed E-state index contributed by atoms with van der Waals surface area (Å²) in [6.07, 6.45) is 3.84. The molecule has 1 heterocycles. The van der Waals surface area contributed by atoms with E-state index in [0.717, 1.165) is 19.0 Å². The van der Waals surface area contributed by atoms with Crippen molar-refractivity contribution in [2.75, 3.05) is 18.0 Å². The highest BCUT2D eigenvalue weighted by molar-refractivity contribution is 5.52. The second-order valence-corrected chi connectivity index (χ2v) is 6.46. The van der Waals surface area contributed by atoms with E-state index in [0.29, 0.717) is 6.04 Å². The Morgan fingerprint density at radius 2 is 2.10 bits per heavy atom. The number of anilines is 1. The van der Waals surface area contributed by atoms with Crippen LogP contribution in [0.2, 0.25) is 0 Å². The minimum absolute atomic E-state index is 0.669. The highest BCUT2D eigenvalue weighted by Gasteiger charge is 2.23. The fraction of sp³-hybridized carbons (Fsp3) is 0.667. The van der Waals surface area contributed by atoms with Gasteiger partial charge < -0.3 is 10.2 Å². The molecular weight excluding hydrogens is 244 g/mol. The lowest BCUT2D eigenvalue weighted by Gasteiger charge is -2.38. The van der Waals surface area contributed by atoms with E-state index in [-0.39, 0.29) is 0 Å². The number of hydrogen-bond acceptors (Lipinski definition) is 2. The average Bonchev–Trinajstić information content (AvgIpc) is 2.41. The van der Waals surface area contributed by atoms with Crippen molar-refractivity contribution in [1.29, 1.82) is 0 Å². The fourth-order valence-electron chi connectivity index (χ4n) is 3.25. The molecule has 2 rings (SSSR count). The van der Waals surface area contributed by atoms with Crippen molar-refractivity contribution < 1.29 is 0 Å². The van der Waals surface area contributed by atoms with Crippen molar-refractivity contribution >= 4 is 5.69 Å². The molecule has 1 aliphatic rings. The van der Waals surface area contributed by atoms with Gasteiger partial charge in [-0.3, -0.25) is 0 Å². The van der Waals surface area contributed by atoms with Gasteiger partial charge in [-0.1, -0.05) is 19.9 Å². The number of rotatable bonds is 5. The molecule has 0 amide bonds. The van der Waals surface area contributed by atoms with Crippen LogP contribution < -0.4 is 10.2 Å². The molecule has 1 fully saturated rings. The second-order valence-electron chi connectivity index (χ2n) is 6.46. The summed E-state index contributed by atoms with van der Waals surface area (Å²) in [6.45, 7) is 12.5. The van der Waals surface area contributed by atoms with E-state index in [1.807, 2.05) is 0 Å². The third kappa shape index (κ3) is 3.76. The van der Waals surface area contributed by atoms with Gasteiger partial charge in [-0.15, -0.1) is 0 Å². The third-order valence-electron chi connectivity index (χ3n) is 4.54. The van der Waals surface area contributed by atoms with Gasteiger partial charge in [0.05, 0.1) is 0 Å². The molecule has 2 heteroatoms.